The number of anilines is 3. The maximum atomic E-state index is 9.65. The van der Waals surface area contributed by atoms with E-state index >= 15 is 0 Å². The quantitative estimate of drug-likeness (QED) is 0.521. The minimum absolute atomic E-state index is 0.0393. The van der Waals surface area contributed by atoms with Crippen molar-refractivity contribution in [2.45, 2.75) is 12.8 Å². The van der Waals surface area contributed by atoms with E-state index < -0.39 is 0 Å². The Morgan fingerprint density at radius 2 is 1.78 bits per heavy atom. The number of halogens is 1. The number of rotatable bonds is 4. The van der Waals surface area contributed by atoms with E-state index in [1.165, 1.54) is 0 Å². The monoisotopic (exact) mass is 381 g/mol. The van der Waals surface area contributed by atoms with Gasteiger partial charge in [0.2, 0.25) is 17.2 Å². The van der Waals surface area contributed by atoms with Crippen LogP contribution in [0.5, 0.6) is 5.75 Å². The van der Waals surface area contributed by atoms with E-state index in [1.807, 2.05) is 30.3 Å². The van der Waals surface area contributed by atoms with Crippen molar-refractivity contribution in [3.05, 3.63) is 65.3 Å². The predicted molar refractivity (Wildman–Crippen MR) is 105 cm³/mol. The number of phenols is 1. The van der Waals surface area contributed by atoms with E-state index in [4.69, 9.17) is 11.6 Å². The number of aliphatic hydroxyl groups is 1. The van der Waals surface area contributed by atoms with Crippen LogP contribution < -0.4 is 10.6 Å². The molecule has 0 atom stereocenters. The second-order valence-corrected chi connectivity index (χ2v) is 6.38. The molecule has 3 aromatic rings. The Labute approximate surface area is 160 Å². The van der Waals surface area contributed by atoms with E-state index in [2.05, 4.69) is 25.6 Å². The molecule has 0 saturated carbocycles. The van der Waals surface area contributed by atoms with Gasteiger partial charge in [-0.3, -0.25) is 0 Å². The number of aliphatic hydroxyl groups excluding tert-OH is 1. The molecule has 2 aromatic carbocycles. The lowest BCUT2D eigenvalue weighted by Gasteiger charge is -2.13. The van der Waals surface area contributed by atoms with Crippen LogP contribution in [0.25, 0.3) is 10.8 Å². The smallest absolute Gasteiger partial charge is 0.233 e. The average molecular weight is 382 g/mol. The summed E-state index contributed by atoms with van der Waals surface area (Å²) in [5.41, 5.74) is 1.47. The Hall–Kier alpha value is -3.32. The van der Waals surface area contributed by atoms with Crippen LogP contribution in [-0.2, 0) is 0 Å². The van der Waals surface area contributed by atoms with Crippen molar-refractivity contribution in [1.82, 2.24) is 15.0 Å². The van der Waals surface area contributed by atoms with Crippen LogP contribution in [0, 0.1) is 0 Å². The molecular formula is C19H16ClN5O2. The van der Waals surface area contributed by atoms with Gasteiger partial charge < -0.3 is 20.8 Å². The lowest BCUT2D eigenvalue weighted by atomic mass is 10.1. The highest BCUT2D eigenvalue weighted by molar-refractivity contribution is 6.28. The highest BCUT2D eigenvalue weighted by Crippen LogP contribution is 2.28. The van der Waals surface area contributed by atoms with Crippen molar-refractivity contribution in [3.8, 4) is 5.75 Å². The first-order chi connectivity index (χ1) is 13.1. The number of allylic oxidation sites excluding steroid dienone is 3. The van der Waals surface area contributed by atoms with Gasteiger partial charge in [-0.25, -0.2) is 0 Å². The maximum Gasteiger partial charge on any atom is 0.233 e. The molecule has 1 heterocycles. The Kier molecular flexibility index (Phi) is 4.52. The lowest BCUT2D eigenvalue weighted by molar-refractivity contribution is 0.386. The Morgan fingerprint density at radius 1 is 0.963 bits per heavy atom. The number of benzene rings is 2. The summed E-state index contributed by atoms with van der Waals surface area (Å²) in [5.74, 6) is 1.05. The van der Waals surface area contributed by atoms with Gasteiger partial charge in [-0.2, -0.15) is 15.0 Å². The summed E-state index contributed by atoms with van der Waals surface area (Å²) in [5, 5.41) is 27.3. The molecule has 27 heavy (non-hydrogen) atoms. The summed E-state index contributed by atoms with van der Waals surface area (Å²) in [7, 11) is 0. The number of nitrogens with one attached hydrogen (secondary N) is 2. The molecule has 136 valence electrons. The molecule has 0 amide bonds. The molecule has 4 N–H and O–H groups in total. The van der Waals surface area contributed by atoms with E-state index in [9.17, 15) is 10.2 Å². The van der Waals surface area contributed by atoms with Crippen molar-refractivity contribution < 1.29 is 10.2 Å². The summed E-state index contributed by atoms with van der Waals surface area (Å²) >= 11 is 6.04. The van der Waals surface area contributed by atoms with Crippen molar-refractivity contribution in [1.29, 1.82) is 0 Å². The van der Waals surface area contributed by atoms with E-state index in [-0.39, 0.29) is 22.9 Å². The third-order valence-electron chi connectivity index (χ3n) is 4.06. The molecule has 8 heteroatoms. The summed E-state index contributed by atoms with van der Waals surface area (Å²) < 4.78 is 0. The van der Waals surface area contributed by atoms with Gasteiger partial charge in [-0.1, -0.05) is 18.2 Å². The molecule has 1 aliphatic rings. The molecule has 0 unspecified atom stereocenters. The van der Waals surface area contributed by atoms with Crippen LogP contribution in [0.3, 0.4) is 0 Å². The number of aromatic hydroxyl groups is 1. The highest BCUT2D eigenvalue weighted by atomic mass is 35.5. The van der Waals surface area contributed by atoms with Gasteiger partial charge >= 0.3 is 0 Å². The first-order valence-electron chi connectivity index (χ1n) is 8.34. The molecule has 7 nitrogen and oxygen atoms in total. The minimum Gasteiger partial charge on any atom is -0.512 e. The second-order valence-electron chi connectivity index (χ2n) is 6.05. The van der Waals surface area contributed by atoms with Gasteiger partial charge in [-0.05, 0) is 53.7 Å². The third kappa shape index (κ3) is 3.93. The largest absolute Gasteiger partial charge is 0.512 e. The van der Waals surface area contributed by atoms with E-state index in [0.29, 0.717) is 17.9 Å². The standard InChI is InChI=1S/C19H16ClN5O2/c20-17-23-18(21-12-4-2-5-13(26)10-12)25-19(24-17)22-16-6-1-3-11-9-14(27)7-8-15(11)16/h1,3-4,6-10,26-27H,2,5H2,(H2,21,22,23,24,25). The van der Waals surface area contributed by atoms with Crippen LogP contribution >= 0.6 is 11.6 Å². The molecule has 4 rings (SSSR count). The van der Waals surface area contributed by atoms with Crippen LogP contribution in [0.4, 0.5) is 17.6 Å². The lowest BCUT2D eigenvalue weighted by Crippen LogP contribution is -2.08. The second kappa shape index (κ2) is 7.13. The van der Waals surface area contributed by atoms with Crippen LogP contribution in [0.1, 0.15) is 12.8 Å². The number of hydrogen-bond acceptors (Lipinski definition) is 7. The highest BCUT2D eigenvalue weighted by Gasteiger charge is 2.10. The predicted octanol–water partition coefficient (Wildman–Crippen LogP) is 4.66. The molecular weight excluding hydrogens is 366 g/mol. The molecule has 0 aliphatic heterocycles. The van der Waals surface area contributed by atoms with Crippen molar-refractivity contribution >= 4 is 40.0 Å². The SMILES string of the molecule is OC1=CC(Nc2nc(Cl)nc(Nc3cccc4cc(O)ccc34)n2)=CCC1. The molecule has 0 saturated heterocycles. The molecule has 0 fully saturated rings. The molecule has 0 radical (unpaired) electrons. The van der Waals surface area contributed by atoms with Crippen LogP contribution in [0.2, 0.25) is 5.28 Å². The minimum atomic E-state index is 0.0393. The van der Waals surface area contributed by atoms with Crippen molar-refractivity contribution in [2.75, 3.05) is 10.6 Å². The average Bonchev–Trinajstić information content (AvgIpc) is 2.61. The number of nitrogens with zero attached hydrogens (tertiary/aromatic N) is 3. The summed E-state index contributed by atoms with van der Waals surface area (Å²) in [6.07, 6.45) is 4.93. The summed E-state index contributed by atoms with van der Waals surface area (Å²) in [6, 6.07) is 10.8. The van der Waals surface area contributed by atoms with Gasteiger partial charge in [0.15, 0.2) is 0 Å². The maximum absolute atomic E-state index is 9.65. The Morgan fingerprint density at radius 3 is 2.59 bits per heavy atom. The zero-order valence-electron chi connectivity index (χ0n) is 14.1. The van der Waals surface area contributed by atoms with Crippen molar-refractivity contribution in [2.24, 2.45) is 0 Å². The van der Waals surface area contributed by atoms with Gasteiger partial charge in [0.25, 0.3) is 0 Å². The molecule has 0 spiro atoms. The molecule has 1 aliphatic carbocycles. The molecule has 1 aromatic heterocycles. The van der Waals surface area contributed by atoms with Crippen LogP contribution in [0.15, 0.2) is 60.0 Å². The fourth-order valence-electron chi connectivity index (χ4n) is 2.86. The summed E-state index contributed by atoms with van der Waals surface area (Å²) in [4.78, 5) is 12.5. The zero-order chi connectivity index (χ0) is 18.8. The fraction of sp³-hybridized carbons (Fsp3) is 0.105. The third-order valence-corrected chi connectivity index (χ3v) is 4.23. The zero-order valence-corrected chi connectivity index (χ0v) is 14.9. The number of fused-ring (bicyclic) bond motifs is 1. The van der Waals surface area contributed by atoms with Crippen molar-refractivity contribution in [3.63, 3.8) is 0 Å². The number of hydrogen-bond donors (Lipinski definition) is 4. The van der Waals surface area contributed by atoms with Gasteiger partial charge in [0.05, 0.1) is 5.76 Å². The first kappa shape index (κ1) is 17.1. The van der Waals surface area contributed by atoms with Gasteiger partial charge in [0, 0.05) is 23.2 Å². The van der Waals surface area contributed by atoms with Gasteiger partial charge in [0.1, 0.15) is 5.75 Å². The topological polar surface area (TPSA) is 103 Å². The van der Waals surface area contributed by atoms with E-state index in [1.54, 1.807) is 18.2 Å². The number of phenolic OH excluding ortho intramolecular Hbond substituents is 1. The normalized spacial score (nSPS) is 13.8. The Bertz CT molecular complexity index is 1080. The number of aromatic nitrogens is 3. The summed E-state index contributed by atoms with van der Waals surface area (Å²) in [6.45, 7) is 0. The molecule has 0 bridgehead atoms. The van der Waals surface area contributed by atoms with E-state index in [0.717, 1.165) is 22.9 Å². The van der Waals surface area contributed by atoms with Gasteiger partial charge in [-0.15, -0.1) is 0 Å². The first-order valence-corrected chi connectivity index (χ1v) is 8.72. The fourth-order valence-corrected chi connectivity index (χ4v) is 3.02. The van der Waals surface area contributed by atoms with Crippen LogP contribution in [-0.4, -0.2) is 25.2 Å². The Balaban J connectivity index is 1.63.